The van der Waals surface area contributed by atoms with Crippen LogP contribution in [0.1, 0.15) is 55.7 Å². The number of piperidine rings is 1. The topological polar surface area (TPSA) is 94.8 Å². The zero-order valence-corrected chi connectivity index (χ0v) is 20.4. The van der Waals surface area contributed by atoms with E-state index in [4.69, 9.17) is 14.0 Å². The summed E-state index contributed by atoms with van der Waals surface area (Å²) in [7, 11) is 1.59. The second kappa shape index (κ2) is 11.2. The van der Waals surface area contributed by atoms with Gasteiger partial charge in [0.15, 0.2) is 6.61 Å². The zero-order valence-electron chi connectivity index (χ0n) is 20.4. The number of benzene rings is 2. The number of hydrogen-bond donors (Lipinski definition) is 0. The molecule has 35 heavy (non-hydrogen) atoms. The van der Waals surface area contributed by atoms with Gasteiger partial charge in [-0.3, -0.25) is 9.59 Å². The summed E-state index contributed by atoms with van der Waals surface area (Å²) in [5.74, 6) is 0.420. The number of likely N-dealkylation sites (tertiary alicyclic amines) is 1. The molecule has 1 fully saturated rings. The Morgan fingerprint density at radius 1 is 1.17 bits per heavy atom. The van der Waals surface area contributed by atoms with E-state index >= 15 is 0 Å². The maximum absolute atomic E-state index is 13.3. The number of nitrogens with zero attached hydrogens (tertiary/aromatic N) is 3. The van der Waals surface area contributed by atoms with Crippen molar-refractivity contribution in [1.82, 2.24) is 15.0 Å². The van der Waals surface area contributed by atoms with Gasteiger partial charge in [-0.05, 0) is 25.8 Å². The molecule has 3 aromatic rings. The van der Waals surface area contributed by atoms with Crippen LogP contribution in [0, 0.1) is 12.8 Å². The van der Waals surface area contributed by atoms with Gasteiger partial charge < -0.3 is 18.9 Å². The molecule has 1 aliphatic rings. The minimum absolute atomic E-state index is 0.0399. The van der Waals surface area contributed by atoms with Crippen LogP contribution < -0.4 is 4.74 Å². The number of aromatic nitrogens is 2. The Morgan fingerprint density at radius 3 is 2.69 bits per heavy atom. The molecule has 2 unspecified atom stereocenters. The van der Waals surface area contributed by atoms with Crippen LogP contribution in [0.15, 0.2) is 53.1 Å². The molecule has 2 aromatic carbocycles. The van der Waals surface area contributed by atoms with Gasteiger partial charge in [-0.2, -0.15) is 4.98 Å². The molecule has 8 heteroatoms. The van der Waals surface area contributed by atoms with Crippen molar-refractivity contribution in [3.63, 3.8) is 0 Å². The summed E-state index contributed by atoms with van der Waals surface area (Å²) in [6.45, 7) is 4.53. The van der Waals surface area contributed by atoms with E-state index < -0.39 is 17.9 Å². The van der Waals surface area contributed by atoms with E-state index in [-0.39, 0.29) is 18.4 Å². The van der Waals surface area contributed by atoms with Gasteiger partial charge in [0.2, 0.25) is 11.7 Å². The minimum Gasteiger partial charge on any atom is -0.496 e. The summed E-state index contributed by atoms with van der Waals surface area (Å²) in [6.07, 6.45) is 2.50. The van der Waals surface area contributed by atoms with E-state index in [0.29, 0.717) is 31.0 Å². The van der Waals surface area contributed by atoms with Crippen LogP contribution in [0.3, 0.4) is 0 Å². The fourth-order valence-corrected chi connectivity index (χ4v) is 4.46. The van der Waals surface area contributed by atoms with Crippen molar-refractivity contribution in [2.45, 2.75) is 52.2 Å². The van der Waals surface area contributed by atoms with Gasteiger partial charge in [-0.1, -0.05) is 66.5 Å². The number of carbonyl (C=O) groups excluding carboxylic acids is 2. The first-order valence-corrected chi connectivity index (χ1v) is 12.0. The Morgan fingerprint density at radius 2 is 1.94 bits per heavy atom. The Kier molecular flexibility index (Phi) is 7.80. The number of esters is 1. The number of para-hydroxylation sites is 1. The quantitative estimate of drug-likeness (QED) is 0.406. The average Bonchev–Trinajstić information content (AvgIpc) is 3.36. The number of rotatable bonds is 9. The lowest BCUT2D eigenvalue weighted by Crippen LogP contribution is -2.46. The number of amides is 1. The number of unbranched alkanes of at least 4 members (excludes halogenated alkanes) is 1. The highest BCUT2D eigenvalue weighted by atomic mass is 16.6. The maximum Gasteiger partial charge on any atom is 0.311 e. The molecule has 1 amide bonds. The first-order chi connectivity index (χ1) is 17.0. The van der Waals surface area contributed by atoms with Crippen molar-refractivity contribution < 1.29 is 23.6 Å². The standard InChI is InChI=1S/C27H31N3O5/c1-4-5-16-30-24(31)15-14-21(25(30)20-8-6-7-9-22(20)33-3)27(32)34-17-23-28-26(29-35-23)19-12-10-18(2)11-13-19/h6-13,21,25H,4-5,14-17H2,1-3H3. The van der Waals surface area contributed by atoms with Gasteiger partial charge >= 0.3 is 5.97 Å². The molecule has 4 rings (SSSR count). The molecular weight excluding hydrogens is 446 g/mol. The lowest BCUT2D eigenvalue weighted by Gasteiger charge is -2.40. The van der Waals surface area contributed by atoms with Crippen molar-refractivity contribution in [2.75, 3.05) is 13.7 Å². The number of ether oxygens (including phenoxy) is 2. The molecule has 0 aliphatic carbocycles. The summed E-state index contributed by atoms with van der Waals surface area (Å²) in [5.41, 5.74) is 2.76. The molecule has 0 bridgehead atoms. The second-order valence-corrected chi connectivity index (χ2v) is 8.76. The van der Waals surface area contributed by atoms with Crippen LogP contribution in [0.25, 0.3) is 11.4 Å². The Balaban J connectivity index is 1.53. The van der Waals surface area contributed by atoms with Crippen LogP contribution in [0.2, 0.25) is 0 Å². The third-order valence-corrected chi connectivity index (χ3v) is 6.34. The fraction of sp³-hybridized carbons (Fsp3) is 0.407. The number of methoxy groups -OCH3 is 1. The molecule has 0 N–H and O–H groups in total. The normalized spacial score (nSPS) is 17.9. The highest BCUT2D eigenvalue weighted by Gasteiger charge is 2.42. The third kappa shape index (κ3) is 5.53. The van der Waals surface area contributed by atoms with Gasteiger partial charge in [0.05, 0.1) is 19.1 Å². The molecular formula is C27H31N3O5. The summed E-state index contributed by atoms with van der Waals surface area (Å²) in [5, 5.41) is 4.00. The highest BCUT2D eigenvalue weighted by molar-refractivity contribution is 5.82. The monoisotopic (exact) mass is 477 g/mol. The smallest absolute Gasteiger partial charge is 0.311 e. The summed E-state index contributed by atoms with van der Waals surface area (Å²) in [4.78, 5) is 32.4. The largest absolute Gasteiger partial charge is 0.496 e. The highest BCUT2D eigenvalue weighted by Crippen LogP contribution is 2.41. The average molecular weight is 478 g/mol. The second-order valence-electron chi connectivity index (χ2n) is 8.76. The molecule has 2 atom stereocenters. The van der Waals surface area contributed by atoms with Crippen molar-refractivity contribution in [3.05, 3.63) is 65.5 Å². The molecule has 0 radical (unpaired) electrons. The van der Waals surface area contributed by atoms with E-state index in [0.717, 1.165) is 29.5 Å². The number of hydrogen-bond acceptors (Lipinski definition) is 7. The zero-order chi connectivity index (χ0) is 24.8. The van der Waals surface area contributed by atoms with Crippen LogP contribution >= 0.6 is 0 Å². The Hall–Kier alpha value is -3.68. The lowest BCUT2D eigenvalue weighted by atomic mass is 9.83. The van der Waals surface area contributed by atoms with Crippen molar-refractivity contribution in [1.29, 1.82) is 0 Å². The Bertz CT molecular complexity index is 1160. The summed E-state index contributed by atoms with van der Waals surface area (Å²) >= 11 is 0. The van der Waals surface area contributed by atoms with Gasteiger partial charge in [0, 0.05) is 24.1 Å². The molecule has 184 valence electrons. The third-order valence-electron chi connectivity index (χ3n) is 6.34. The van der Waals surface area contributed by atoms with Gasteiger partial charge in [-0.15, -0.1) is 0 Å². The van der Waals surface area contributed by atoms with E-state index in [1.165, 1.54) is 0 Å². The van der Waals surface area contributed by atoms with Gasteiger partial charge in [0.25, 0.3) is 5.89 Å². The van der Waals surface area contributed by atoms with Crippen LogP contribution in [-0.4, -0.2) is 40.6 Å². The van der Waals surface area contributed by atoms with Crippen molar-refractivity contribution in [3.8, 4) is 17.1 Å². The van der Waals surface area contributed by atoms with Crippen LogP contribution in [0.4, 0.5) is 0 Å². The minimum atomic E-state index is -0.527. The molecule has 2 heterocycles. The van der Waals surface area contributed by atoms with Crippen molar-refractivity contribution >= 4 is 11.9 Å². The van der Waals surface area contributed by atoms with Gasteiger partial charge in [0.1, 0.15) is 5.75 Å². The maximum atomic E-state index is 13.3. The lowest BCUT2D eigenvalue weighted by molar-refractivity contribution is -0.159. The van der Waals surface area contributed by atoms with Crippen LogP contribution in [0.5, 0.6) is 5.75 Å². The first-order valence-electron chi connectivity index (χ1n) is 12.0. The summed E-state index contributed by atoms with van der Waals surface area (Å²) in [6, 6.07) is 14.8. The number of aryl methyl sites for hydroxylation is 1. The first kappa shape index (κ1) is 24.4. The SMILES string of the molecule is CCCCN1C(=O)CCC(C(=O)OCc2nc(-c3ccc(C)cc3)no2)C1c1ccccc1OC. The van der Waals surface area contributed by atoms with Crippen molar-refractivity contribution in [2.24, 2.45) is 5.92 Å². The van der Waals surface area contributed by atoms with E-state index in [2.05, 4.69) is 17.1 Å². The Labute approximate surface area is 205 Å². The summed E-state index contributed by atoms with van der Waals surface area (Å²) < 4.78 is 16.5. The molecule has 1 aromatic heterocycles. The van der Waals surface area contributed by atoms with Gasteiger partial charge in [-0.25, -0.2) is 0 Å². The predicted octanol–water partition coefficient (Wildman–Crippen LogP) is 4.88. The molecule has 8 nitrogen and oxygen atoms in total. The number of carbonyl (C=O) groups is 2. The molecule has 0 saturated carbocycles. The predicted molar refractivity (Wildman–Crippen MR) is 129 cm³/mol. The van der Waals surface area contributed by atoms with E-state index in [1.807, 2.05) is 55.5 Å². The molecule has 1 aliphatic heterocycles. The van der Waals surface area contributed by atoms with E-state index in [1.54, 1.807) is 12.0 Å². The molecule has 0 spiro atoms. The molecule has 1 saturated heterocycles. The van der Waals surface area contributed by atoms with Crippen LogP contribution in [-0.2, 0) is 20.9 Å². The fourth-order valence-electron chi connectivity index (χ4n) is 4.46. The van der Waals surface area contributed by atoms with E-state index in [9.17, 15) is 9.59 Å².